The monoisotopic (exact) mass is 328 g/mol. The lowest BCUT2D eigenvalue weighted by Crippen LogP contribution is -2.41. The number of hydrogen-bond donors (Lipinski definition) is 3. The van der Waals surface area contributed by atoms with E-state index in [0.29, 0.717) is 25.7 Å². The predicted molar refractivity (Wildman–Crippen MR) is 95.4 cm³/mol. The van der Waals surface area contributed by atoms with Crippen molar-refractivity contribution in [2.75, 3.05) is 33.4 Å². The Morgan fingerprint density at radius 1 is 1.21 bits per heavy atom. The van der Waals surface area contributed by atoms with Crippen molar-refractivity contribution in [3.63, 3.8) is 0 Å². The minimum absolute atomic E-state index is 0.0244. The van der Waals surface area contributed by atoms with Crippen molar-refractivity contribution in [2.24, 2.45) is 4.99 Å². The van der Waals surface area contributed by atoms with Crippen molar-refractivity contribution >= 4 is 5.96 Å². The van der Waals surface area contributed by atoms with Crippen LogP contribution in [-0.4, -0.2) is 49.4 Å². The van der Waals surface area contributed by atoms with Crippen molar-refractivity contribution < 1.29 is 9.84 Å². The van der Waals surface area contributed by atoms with E-state index in [2.05, 4.69) is 20.6 Å². The SMILES string of the molecule is CN=C(NCCOc1cccnc1)NCC(CO)c1ccccc1. The van der Waals surface area contributed by atoms with Gasteiger partial charge < -0.3 is 20.5 Å². The highest BCUT2D eigenvalue weighted by atomic mass is 16.5. The largest absolute Gasteiger partial charge is 0.490 e. The third-order valence-electron chi connectivity index (χ3n) is 3.53. The topological polar surface area (TPSA) is 78.8 Å². The average Bonchev–Trinajstić information content (AvgIpc) is 2.65. The summed E-state index contributed by atoms with van der Waals surface area (Å²) in [5.41, 5.74) is 1.10. The van der Waals surface area contributed by atoms with Crippen molar-refractivity contribution in [3.8, 4) is 5.75 Å². The molecular formula is C18H24N4O2. The molecule has 3 N–H and O–H groups in total. The Morgan fingerprint density at radius 2 is 2.04 bits per heavy atom. The van der Waals surface area contributed by atoms with Gasteiger partial charge in [0.05, 0.1) is 19.3 Å². The van der Waals surface area contributed by atoms with Crippen LogP contribution in [0.4, 0.5) is 0 Å². The summed E-state index contributed by atoms with van der Waals surface area (Å²) in [5, 5.41) is 16.0. The predicted octanol–water partition coefficient (Wildman–Crippen LogP) is 1.40. The summed E-state index contributed by atoms with van der Waals surface area (Å²) >= 11 is 0. The van der Waals surface area contributed by atoms with Crippen molar-refractivity contribution in [1.82, 2.24) is 15.6 Å². The smallest absolute Gasteiger partial charge is 0.191 e. The number of ether oxygens (including phenoxy) is 1. The first-order valence-corrected chi connectivity index (χ1v) is 7.96. The molecule has 0 radical (unpaired) electrons. The second-order valence-corrected chi connectivity index (χ2v) is 5.21. The Labute approximate surface area is 142 Å². The first kappa shape index (κ1) is 17.7. The lowest BCUT2D eigenvalue weighted by atomic mass is 10.0. The number of rotatable bonds is 8. The highest BCUT2D eigenvalue weighted by Gasteiger charge is 2.10. The highest BCUT2D eigenvalue weighted by molar-refractivity contribution is 5.79. The van der Waals surface area contributed by atoms with E-state index in [1.807, 2.05) is 42.5 Å². The molecule has 6 nitrogen and oxygen atoms in total. The maximum absolute atomic E-state index is 9.58. The zero-order valence-electron chi connectivity index (χ0n) is 13.9. The second-order valence-electron chi connectivity index (χ2n) is 5.21. The van der Waals surface area contributed by atoms with E-state index in [0.717, 1.165) is 11.3 Å². The van der Waals surface area contributed by atoms with E-state index in [1.54, 1.807) is 19.4 Å². The van der Waals surface area contributed by atoms with Gasteiger partial charge in [-0.15, -0.1) is 0 Å². The van der Waals surface area contributed by atoms with E-state index in [9.17, 15) is 5.11 Å². The Morgan fingerprint density at radius 3 is 2.71 bits per heavy atom. The van der Waals surface area contributed by atoms with Gasteiger partial charge in [-0.05, 0) is 17.7 Å². The zero-order chi connectivity index (χ0) is 17.0. The van der Waals surface area contributed by atoms with E-state index >= 15 is 0 Å². The van der Waals surface area contributed by atoms with Crippen LogP contribution in [0.25, 0.3) is 0 Å². The maximum atomic E-state index is 9.58. The molecule has 2 rings (SSSR count). The molecule has 1 heterocycles. The van der Waals surface area contributed by atoms with Crippen LogP contribution in [0.3, 0.4) is 0 Å². The minimum atomic E-state index is 0.0244. The minimum Gasteiger partial charge on any atom is -0.490 e. The van der Waals surface area contributed by atoms with Crippen LogP contribution in [0.15, 0.2) is 59.9 Å². The van der Waals surface area contributed by atoms with Crippen molar-refractivity contribution in [3.05, 3.63) is 60.4 Å². The molecule has 24 heavy (non-hydrogen) atoms. The number of aliphatic hydroxyl groups excluding tert-OH is 1. The van der Waals surface area contributed by atoms with Gasteiger partial charge in [-0.3, -0.25) is 9.98 Å². The fourth-order valence-corrected chi connectivity index (χ4v) is 2.22. The van der Waals surface area contributed by atoms with Gasteiger partial charge in [-0.25, -0.2) is 0 Å². The molecule has 0 bridgehead atoms. The number of aromatic nitrogens is 1. The molecule has 0 fully saturated rings. The number of guanidine groups is 1. The average molecular weight is 328 g/mol. The van der Waals surface area contributed by atoms with Crippen molar-refractivity contribution in [1.29, 1.82) is 0 Å². The molecule has 1 unspecified atom stereocenters. The van der Waals surface area contributed by atoms with E-state index < -0.39 is 0 Å². The van der Waals surface area contributed by atoms with Gasteiger partial charge in [0.25, 0.3) is 0 Å². The van der Waals surface area contributed by atoms with Crippen LogP contribution in [0.1, 0.15) is 11.5 Å². The second kappa shape index (κ2) is 10.2. The van der Waals surface area contributed by atoms with Gasteiger partial charge in [0.1, 0.15) is 12.4 Å². The van der Waals surface area contributed by atoms with Gasteiger partial charge in [-0.2, -0.15) is 0 Å². The molecule has 0 amide bonds. The Kier molecular flexibility index (Phi) is 7.56. The Bertz CT molecular complexity index is 605. The lowest BCUT2D eigenvalue weighted by molar-refractivity contribution is 0.265. The summed E-state index contributed by atoms with van der Waals surface area (Å²) in [6, 6.07) is 13.6. The van der Waals surface area contributed by atoms with E-state index in [4.69, 9.17) is 4.74 Å². The van der Waals surface area contributed by atoms with Gasteiger partial charge >= 0.3 is 0 Å². The molecule has 1 aromatic heterocycles. The van der Waals surface area contributed by atoms with Gasteiger partial charge in [-0.1, -0.05) is 30.3 Å². The van der Waals surface area contributed by atoms with Crippen LogP contribution < -0.4 is 15.4 Å². The fraction of sp³-hybridized carbons (Fsp3) is 0.333. The first-order valence-electron chi connectivity index (χ1n) is 7.96. The zero-order valence-corrected chi connectivity index (χ0v) is 13.9. The molecule has 6 heteroatoms. The molecule has 1 atom stereocenters. The van der Waals surface area contributed by atoms with Crippen LogP contribution in [-0.2, 0) is 0 Å². The number of nitrogens with zero attached hydrogens (tertiary/aromatic N) is 2. The molecular weight excluding hydrogens is 304 g/mol. The third-order valence-corrected chi connectivity index (χ3v) is 3.53. The molecule has 0 saturated carbocycles. The van der Waals surface area contributed by atoms with Gasteiger partial charge in [0, 0.05) is 25.7 Å². The number of nitrogens with one attached hydrogen (secondary N) is 2. The molecule has 0 aliphatic carbocycles. The molecule has 128 valence electrons. The Hall–Kier alpha value is -2.60. The number of aliphatic imine (C=N–C) groups is 1. The molecule has 0 aliphatic heterocycles. The van der Waals surface area contributed by atoms with Crippen molar-refractivity contribution in [2.45, 2.75) is 5.92 Å². The number of benzene rings is 1. The quantitative estimate of drug-likeness (QED) is 0.388. The standard InChI is InChI=1S/C18H24N4O2/c1-19-18(21-10-11-24-17-8-5-9-20-13-17)22-12-16(14-23)15-6-3-2-4-7-15/h2-9,13,16,23H,10-12,14H2,1H3,(H2,19,21,22). The summed E-state index contributed by atoms with van der Waals surface area (Å²) in [6.45, 7) is 1.81. The summed E-state index contributed by atoms with van der Waals surface area (Å²) < 4.78 is 5.57. The molecule has 1 aromatic carbocycles. The first-order chi connectivity index (χ1) is 11.8. The fourth-order valence-electron chi connectivity index (χ4n) is 2.22. The van der Waals surface area contributed by atoms with E-state index in [1.165, 1.54) is 0 Å². The number of pyridine rings is 1. The van der Waals surface area contributed by atoms with Gasteiger partial charge in [0.15, 0.2) is 5.96 Å². The van der Waals surface area contributed by atoms with E-state index in [-0.39, 0.29) is 12.5 Å². The number of aliphatic hydroxyl groups is 1. The van der Waals surface area contributed by atoms with Crippen LogP contribution in [0.2, 0.25) is 0 Å². The summed E-state index contributed by atoms with van der Waals surface area (Å²) in [4.78, 5) is 8.17. The maximum Gasteiger partial charge on any atom is 0.191 e. The van der Waals surface area contributed by atoms with Crippen LogP contribution >= 0.6 is 0 Å². The Balaban J connectivity index is 1.72. The normalized spacial score (nSPS) is 12.5. The van der Waals surface area contributed by atoms with Gasteiger partial charge in [0.2, 0.25) is 0 Å². The summed E-state index contributed by atoms with van der Waals surface area (Å²) in [5.74, 6) is 1.45. The molecule has 2 aromatic rings. The highest BCUT2D eigenvalue weighted by Crippen LogP contribution is 2.13. The molecule has 0 aliphatic rings. The lowest BCUT2D eigenvalue weighted by Gasteiger charge is -2.18. The van der Waals surface area contributed by atoms with Crippen LogP contribution in [0.5, 0.6) is 5.75 Å². The van der Waals surface area contributed by atoms with Crippen LogP contribution in [0, 0.1) is 0 Å². The summed E-state index contributed by atoms with van der Waals surface area (Å²) in [6.07, 6.45) is 3.39. The number of hydrogen-bond acceptors (Lipinski definition) is 4. The summed E-state index contributed by atoms with van der Waals surface area (Å²) in [7, 11) is 1.72. The molecule has 0 saturated heterocycles. The molecule has 0 spiro atoms. The third kappa shape index (κ3) is 5.89.